The van der Waals surface area contributed by atoms with Crippen molar-refractivity contribution >= 4 is 5.78 Å². The van der Waals surface area contributed by atoms with Crippen LogP contribution in [-0.2, 0) is 0 Å². The fourth-order valence-electron chi connectivity index (χ4n) is 3.03. The van der Waals surface area contributed by atoms with E-state index in [9.17, 15) is 4.79 Å². The van der Waals surface area contributed by atoms with E-state index in [1.807, 2.05) is 30.3 Å². The second-order valence-corrected chi connectivity index (χ2v) is 6.05. The van der Waals surface area contributed by atoms with Crippen LogP contribution in [-0.4, -0.2) is 5.78 Å². The first-order valence-electron chi connectivity index (χ1n) is 7.99. The number of rotatable bonds is 6. The summed E-state index contributed by atoms with van der Waals surface area (Å²) in [4.78, 5) is 12.4. The monoisotopic (exact) mass is 278 g/mol. The van der Waals surface area contributed by atoms with E-state index in [1.54, 1.807) is 0 Å². The SMILES string of the molecule is CCCC[C@H]1C[C@@H]1C(=O)c1ccc(-c2ccccc2)cc1. The highest BCUT2D eigenvalue weighted by molar-refractivity contribution is 6.00. The van der Waals surface area contributed by atoms with Gasteiger partial charge in [-0.3, -0.25) is 4.79 Å². The molecular weight excluding hydrogens is 256 g/mol. The summed E-state index contributed by atoms with van der Waals surface area (Å²) in [7, 11) is 0. The number of benzene rings is 2. The molecule has 2 atom stereocenters. The molecule has 0 bridgehead atoms. The zero-order valence-electron chi connectivity index (χ0n) is 12.6. The highest BCUT2D eigenvalue weighted by Gasteiger charge is 2.42. The highest BCUT2D eigenvalue weighted by Crippen LogP contribution is 2.44. The van der Waals surface area contributed by atoms with Crippen LogP contribution in [0.5, 0.6) is 0 Å². The third kappa shape index (κ3) is 3.24. The minimum atomic E-state index is 0.291. The molecule has 0 N–H and O–H groups in total. The van der Waals surface area contributed by atoms with Crippen LogP contribution in [0, 0.1) is 11.8 Å². The van der Waals surface area contributed by atoms with E-state index in [2.05, 4.69) is 31.2 Å². The van der Waals surface area contributed by atoms with Gasteiger partial charge >= 0.3 is 0 Å². The summed E-state index contributed by atoms with van der Waals surface area (Å²) in [6, 6.07) is 18.4. The first kappa shape index (κ1) is 14.1. The molecule has 0 amide bonds. The fourth-order valence-corrected chi connectivity index (χ4v) is 3.03. The van der Waals surface area contributed by atoms with Crippen molar-refractivity contribution in [1.29, 1.82) is 0 Å². The van der Waals surface area contributed by atoms with Crippen LogP contribution < -0.4 is 0 Å². The quantitative estimate of drug-likeness (QED) is 0.650. The maximum atomic E-state index is 12.4. The molecule has 1 heteroatoms. The van der Waals surface area contributed by atoms with E-state index >= 15 is 0 Å². The van der Waals surface area contributed by atoms with Crippen molar-refractivity contribution < 1.29 is 4.79 Å². The van der Waals surface area contributed by atoms with Crippen molar-refractivity contribution in [2.45, 2.75) is 32.6 Å². The van der Waals surface area contributed by atoms with E-state index in [0.29, 0.717) is 17.6 Å². The van der Waals surface area contributed by atoms with Crippen LogP contribution in [0.3, 0.4) is 0 Å². The lowest BCUT2D eigenvalue weighted by Gasteiger charge is -2.04. The first-order valence-corrected chi connectivity index (χ1v) is 7.99. The molecule has 1 saturated carbocycles. The number of hydrogen-bond acceptors (Lipinski definition) is 1. The average Bonchev–Trinajstić information content (AvgIpc) is 3.33. The van der Waals surface area contributed by atoms with Gasteiger partial charge in [-0.05, 0) is 29.9 Å². The lowest BCUT2D eigenvalue weighted by atomic mass is 10.00. The Kier molecular flexibility index (Phi) is 4.19. The molecule has 0 spiro atoms. The summed E-state index contributed by atoms with van der Waals surface area (Å²) < 4.78 is 0. The van der Waals surface area contributed by atoms with Crippen LogP contribution in [0.15, 0.2) is 54.6 Å². The van der Waals surface area contributed by atoms with Crippen LogP contribution in [0.25, 0.3) is 11.1 Å². The molecule has 1 fully saturated rings. The van der Waals surface area contributed by atoms with Crippen LogP contribution in [0.4, 0.5) is 0 Å². The summed E-state index contributed by atoms with van der Waals surface area (Å²) in [5, 5.41) is 0. The van der Waals surface area contributed by atoms with Gasteiger partial charge in [-0.2, -0.15) is 0 Å². The van der Waals surface area contributed by atoms with Gasteiger partial charge in [-0.15, -0.1) is 0 Å². The topological polar surface area (TPSA) is 17.1 Å². The molecule has 1 nitrogen and oxygen atoms in total. The fraction of sp³-hybridized carbons (Fsp3) is 0.350. The molecule has 3 rings (SSSR count). The van der Waals surface area contributed by atoms with Crippen LogP contribution in [0.1, 0.15) is 43.0 Å². The minimum Gasteiger partial charge on any atom is -0.294 e. The molecule has 0 heterocycles. The van der Waals surface area contributed by atoms with Gasteiger partial charge in [0.1, 0.15) is 0 Å². The smallest absolute Gasteiger partial charge is 0.166 e. The van der Waals surface area contributed by atoms with Gasteiger partial charge < -0.3 is 0 Å². The second-order valence-electron chi connectivity index (χ2n) is 6.05. The predicted octanol–water partition coefficient (Wildman–Crippen LogP) is 5.36. The Balaban J connectivity index is 1.66. The normalized spacial score (nSPS) is 20.2. The average molecular weight is 278 g/mol. The van der Waals surface area contributed by atoms with E-state index in [4.69, 9.17) is 0 Å². The Hall–Kier alpha value is -1.89. The van der Waals surface area contributed by atoms with Crippen LogP contribution >= 0.6 is 0 Å². The summed E-state index contributed by atoms with van der Waals surface area (Å²) in [5.74, 6) is 1.28. The Morgan fingerprint density at radius 3 is 2.33 bits per heavy atom. The zero-order valence-corrected chi connectivity index (χ0v) is 12.6. The van der Waals surface area contributed by atoms with Crippen molar-refractivity contribution in [3.63, 3.8) is 0 Å². The molecule has 1 aliphatic carbocycles. The van der Waals surface area contributed by atoms with E-state index in [-0.39, 0.29) is 0 Å². The summed E-state index contributed by atoms with van der Waals surface area (Å²) >= 11 is 0. The number of ketones is 1. The number of Topliss-reactive ketones (excluding diaryl/α,β-unsaturated/α-hetero) is 1. The van der Waals surface area contributed by atoms with E-state index in [1.165, 1.54) is 30.4 Å². The molecule has 0 aliphatic heterocycles. The van der Waals surface area contributed by atoms with Crippen molar-refractivity contribution in [3.05, 3.63) is 60.2 Å². The Bertz CT molecular complexity index is 597. The summed E-state index contributed by atoms with van der Waals surface area (Å²) in [6.45, 7) is 2.21. The third-order valence-electron chi connectivity index (χ3n) is 4.46. The molecular formula is C20H22O. The van der Waals surface area contributed by atoms with Crippen molar-refractivity contribution in [3.8, 4) is 11.1 Å². The van der Waals surface area contributed by atoms with Crippen molar-refractivity contribution in [2.75, 3.05) is 0 Å². The number of carbonyl (C=O) groups is 1. The van der Waals surface area contributed by atoms with Gasteiger partial charge in [0.15, 0.2) is 5.78 Å². The molecule has 21 heavy (non-hydrogen) atoms. The summed E-state index contributed by atoms with van der Waals surface area (Å²) in [5.41, 5.74) is 3.24. The van der Waals surface area contributed by atoms with Crippen molar-refractivity contribution in [2.24, 2.45) is 11.8 Å². The Morgan fingerprint density at radius 1 is 1.00 bits per heavy atom. The van der Waals surface area contributed by atoms with Gasteiger partial charge in [0.2, 0.25) is 0 Å². The van der Waals surface area contributed by atoms with Gasteiger partial charge in [-0.1, -0.05) is 74.4 Å². The number of carbonyl (C=O) groups excluding carboxylic acids is 1. The lowest BCUT2D eigenvalue weighted by Crippen LogP contribution is -2.03. The molecule has 2 aromatic rings. The molecule has 0 saturated heterocycles. The highest BCUT2D eigenvalue weighted by atomic mass is 16.1. The van der Waals surface area contributed by atoms with Gasteiger partial charge in [0, 0.05) is 11.5 Å². The number of hydrogen-bond donors (Lipinski definition) is 0. The Morgan fingerprint density at radius 2 is 1.67 bits per heavy atom. The molecule has 0 radical (unpaired) electrons. The molecule has 1 aliphatic rings. The molecule has 2 aromatic carbocycles. The van der Waals surface area contributed by atoms with Gasteiger partial charge in [-0.25, -0.2) is 0 Å². The van der Waals surface area contributed by atoms with Gasteiger partial charge in [0.05, 0.1) is 0 Å². The maximum absolute atomic E-state index is 12.4. The third-order valence-corrected chi connectivity index (χ3v) is 4.46. The molecule has 0 unspecified atom stereocenters. The minimum absolute atomic E-state index is 0.291. The number of unbranched alkanes of at least 4 members (excludes halogenated alkanes) is 1. The molecule has 0 aromatic heterocycles. The van der Waals surface area contributed by atoms with Gasteiger partial charge in [0.25, 0.3) is 0 Å². The molecule has 108 valence electrons. The predicted molar refractivity (Wildman–Crippen MR) is 87.3 cm³/mol. The van der Waals surface area contributed by atoms with E-state index in [0.717, 1.165) is 12.0 Å². The summed E-state index contributed by atoms with van der Waals surface area (Å²) in [6.07, 6.45) is 4.79. The first-order chi connectivity index (χ1) is 10.3. The maximum Gasteiger partial charge on any atom is 0.166 e. The van der Waals surface area contributed by atoms with E-state index < -0.39 is 0 Å². The lowest BCUT2D eigenvalue weighted by molar-refractivity contribution is 0.0960. The Labute approximate surface area is 127 Å². The second kappa shape index (κ2) is 6.26. The largest absolute Gasteiger partial charge is 0.294 e. The van der Waals surface area contributed by atoms with Crippen molar-refractivity contribution in [1.82, 2.24) is 0 Å². The zero-order chi connectivity index (χ0) is 14.7. The standard InChI is InChI=1S/C20H22O/c1-2-3-7-18-14-19(18)20(21)17-12-10-16(11-13-17)15-8-5-4-6-9-15/h4-6,8-13,18-19H,2-3,7,14H2,1H3/t18-,19-/m0/s1. The van der Waals surface area contributed by atoms with Crippen LogP contribution in [0.2, 0.25) is 0 Å².